The molecule has 1 saturated heterocycles. The standard InChI is InChI=1S/C19H18BrClN2O4/c20-15-9-13(11-22-16-3-2-14(21)10-17(16)24)1-4-18(15)27-12-19(25)23-5-7-26-8-6-23/h1-4,9-11,24H,5-8,12H2. The molecule has 0 radical (unpaired) electrons. The van der Waals surface area contributed by atoms with Gasteiger partial charge in [-0.15, -0.1) is 0 Å². The summed E-state index contributed by atoms with van der Waals surface area (Å²) in [4.78, 5) is 18.1. The van der Waals surface area contributed by atoms with Crippen LogP contribution in [0.4, 0.5) is 5.69 Å². The molecule has 0 unspecified atom stereocenters. The number of halogens is 2. The number of ether oxygens (including phenoxy) is 2. The van der Waals surface area contributed by atoms with Gasteiger partial charge in [-0.25, -0.2) is 0 Å². The van der Waals surface area contributed by atoms with Gasteiger partial charge in [0.15, 0.2) is 6.61 Å². The number of carbonyl (C=O) groups excluding carboxylic acids is 1. The highest BCUT2D eigenvalue weighted by atomic mass is 79.9. The molecule has 0 bridgehead atoms. The van der Waals surface area contributed by atoms with E-state index in [1.165, 1.54) is 6.07 Å². The van der Waals surface area contributed by atoms with E-state index < -0.39 is 0 Å². The summed E-state index contributed by atoms with van der Waals surface area (Å²) in [5.74, 6) is 0.525. The molecule has 2 aromatic carbocycles. The van der Waals surface area contributed by atoms with Crippen molar-refractivity contribution in [2.45, 2.75) is 0 Å². The number of morpholine rings is 1. The molecule has 3 rings (SSSR count). The third-order valence-electron chi connectivity index (χ3n) is 3.96. The number of nitrogens with zero attached hydrogens (tertiary/aromatic N) is 2. The summed E-state index contributed by atoms with van der Waals surface area (Å²) < 4.78 is 11.6. The van der Waals surface area contributed by atoms with Gasteiger partial charge in [-0.05, 0) is 51.8 Å². The summed E-state index contributed by atoms with van der Waals surface area (Å²) >= 11 is 9.25. The number of rotatable bonds is 5. The summed E-state index contributed by atoms with van der Waals surface area (Å²) in [6.07, 6.45) is 1.62. The molecule has 1 fully saturated rings. The lowest BCUT2D eigenvalue weighted by atomic mass is 10.2. The third kappa shape index (κ3) is 5.45. The minimum atomic E-state index is -0.0611. The van der Waals surface area contributed by atoms with Crippen molar-refractivity contribution in [3.8, 4) is 11.5 Å². The zero-order valence-electron chi connectivity index (χ0n) is 14.4. The number of phenolic OH excluding ortho intramolecular Hbond substituents is 1. The van der Waals surface area contributed by atoms with Crippen molar-refractivity contribution in [2.75, 3.05) is 32.9 Å². The fraction of sp³-hybridized carbons (Fsp3) is 0.263. The Morgan fingerprint density at radius 2 is 2.07 bits per heavy atom. The third-order valence-corrected chi connectivity index (χ3v) is 4.82. The largest absolute Gasteiger partial charge is 0.506 e. The molecule has 1 heterocycles. The minimum Gasteiger partial charge on any atom is -0.506 e. The van der Waals surface area contributed by atoms with Crippen LogP contribution in [0.5, 0.6) is 11.5 Å². The smallest absolute Gasteiger partial charge is 0.260 e. The summed E-state index contributed by atoms with van der Waals surface area (Å²) in [7, 11) is 0. The highest BCUT2D eigenvalue weighted by Gasteiger charge is 2.17. The summed E-state index contributed by atoms with van der Waals surface area (Å²) in [5.41, 5.74) is 1.23. The van der Waals surface area contributed by atoms with Crippen molar-refractivity contribution >= 4 is 45.3 Å². The van der Waals surface area contributed by atoms with Crippen LogP contribution >= 0.6 is 27.5 Å². The summed E-state index contributed by atoms with van der Waals surface area (Å²) in [6, 6.07) is 10.1. The van der Waals surface area contributed by atoms with Gasteiger partial charge in [0, 0.05) is 30.4 Å². The van der Waals surface area contributed by atoms with Crippen LogP contribution in [0.25, 0.3) is 0 Å². The van der Waals surface area contributed by atoms with Crippen LogP contribution in [-0.4, -0.2) is 55.0 Å². The van der Waals surface area contributed by atoms with E-state index in [0.717, 1.165) is 5.56 Å². The summed E-state index contributed by atoms with van der Waals surface area (Å²) in [5, 5.41) is 10.3. The Morgan fingerprint density at radius 1 is 1.30 bits per heavy atom. The van der Waals surface area contributed by atoms with Crippen molar-refractivity contribution in [3.63, 3.8) is 0 Å². The summed E-state index contributed by atoms with van der Waals surface area (Å²) in [6.45, 7) is 2.29. The lowest BCUT2D eigenvalue weighted by molar-refractivity contribution is -0.137. The molecule has 0 aliphatic carbocycles. The Hall–Kier alpha value is -2.09. The number of hydrogen-bond donors (Lipinski definition) is 1. The van der Waals surface area contributed by atoms with Gasteiger partial charge in [0.25, 0.3) is 5.91 Å². The zero-order chi connectivity index (χ0) is 19.2. The fourth-order valence-corrected chi connectivity index (χ4v) is 3.19. The second kappa shape index (κ2) is 9.21. The van der Waals surface area contributed by atoms with E-state index in [1.807, 2.05) is 12.1 Å². The van der Waals surface area contributed by atoms with E-state index in [9.17, 15) is 9.90 Å². The highest BCUT2D eigenvalue weighted by Crippen LogP contribution is 2.30. The molecule has 2 aromatic rings. The molecule has 0 saturated carbocycles. The molecular weight excluding hydrogens is 436 g/mol. The first-order chi connectivity index (χ1) is 13.0. The lowest BCUT2D eigenvalue weighted by Crippen LogP contribution is -2.43. The average molecular weight is 454 g/mol. The monoisotopic (exact) mass is 452 g/mol. The Balaban J connectivity index is 1.61. The zero-order valence-corrected chi connectivity index (χ0v) is 16.7. The number of aromatic hydroxyl groups is 1. The van der Waals surface area contributed by atoms with Crippen molar-refractivity contribution in [2.24, 2.45) is 4.99 Å². The van der Waals surface area contributed by atoms with Crippen LogP contribution in [0.3, 0.4) is 0 Å². The van der Waals surface area contributed by atoms with Gasteiger partial charge in [0.05, 0.1) is 17.7 Å². The van der Waals surface area contributed by atoms with Crippen LogP contribution in [0.15, 0.2) is 45.9 Å². The second-order valence-corrected chi connectivity index (χ2v) is 7.15. The molecular formula is C19H18BrClN2O4. The van der Waals surface area contributed by atoms with E-state index in [4.69, 9.17) is 21.1 Å². The molecule has 1 amide bonds. The number of amides is 1. The molecule has 142 valence electrons. The first kappa shape index (κ1) is 19.7. The van der Waals surface area contributed by atoms with E-state index >= 15 is 0 Å². The van der Waals surface area contributed by atoms with Gasteiger partial charge in [-0.3, -0.25) is 9.79 Å². The second-order valence-electron chi connectivity index (χ2n) is 5.86. The first-order valence-electron chi connectivity index (χ1n) is 8.33. The van der Waals surface area contributed by atoms with Crippen LogP contribution < -0.4 is 4.74 Å². The molecule has 0 atom stereocenters. The topological polar surface area (TPSA) is 71.4 Å². The predicted molar refractivity (Wildman–Crippen MR) is 107 cm³/mol. The Labute approximate surface area is 170 Å². The molecule has 1 N–H and O–H groups in total. The Kier molecular flexibility index (Phi) is 6.71. The Bertz CT molecular complexity index is 854. The van der Waals surface area contributed by atoms with E-state index in [0.29, 0.717) is 47.2 Å². The van der Waals surface area contributed by atoms with Gasteiger partial charge in [0.1, 0.15) is 17.2 Å². The van der Waals surface area contributed by atoms with Gasteiger partial charge in [-0.2, -0.15) is 0 Å². The van der Waals surface area contributed by atoms with Gasteiger partial charge >= 0.3 is 0 Å². The number of benzene rings is 2. The predicted octanol–water partition coefficient (Wildman–Crippen LogP) is 3.80. The van der Waals surface area contributed by atoms with Crippen molar-refractivity contribution in [1.82, 2.24) is 4.90 Å². The van der Waals surface area contributed by atoms with Gasteiger partial charge in [0.2, 0.25) is 0 Å². The molecule has 1 aliphatic heterocycles. The number of hydrogen-bond acceptors (Lipinski definition) is 5. The van der Waals surface area contributed by atoms with E-state index in [2.05, 4.69) is 20.9 Å². The molecule has 1 aliphatic rings. The maximum Gasteiger partial charge on any atom is 0.260 e. The number of aliphatic imine (C=N–C) groups is 1. The normalized spacial score (nSPS) is 14.5. The minimum absolute atomic E-state index is 0.0133. The first-order valence-corrected chi connectivity index (χ1v) is 9.50. The van der Waals surface area contributed by atoms with Crippen molar-refractivity contribution in [3.05, 3.63) is 51.5 Å². The molecule has 0 aromatic heterocycles. The quantitative estimate of drug-likeness (QED) is 0.699. The molecule has 27 heavy (non-hydrogen) atoms. The van der Waals surface area contributed by atoms with Crippen LogP contribution in [-0.2, 0) is 9.53 Å². The lowest BCUT2D eigenvalue weighted by Gasteiger charge is -2.26. The fourth-order valence-electron chi connectivity index (χ4n) is 2.51. The van der Waals surface area contributed by atoms with Crippen LogP contribution in [0.1, 0.15) is 5.56 Å². The molecule has 0 spiro atoms. The van der Waals surface area contributed by atoms with Gasteiger partial charge in [-0.1, -0.05) is 11.6 Å². The van der Waals surface area contributed by atoms with Gasteiger partial charge < -0.3 is 19.5 Å². The maximum absolute atomic E-state index is 12.1. The van der Waals surface area contributed by atoms with E-state index in [-0.39, 0.29) is 18.3 Å². The molecule has 6 nitrogen and oxygen atoms in total. The van der Waals surface area contributed by atoms with Crippen LogP contribution in [0.2, 0.25) is 5.02 Å². The number of phenols is 1. The van der Waals surface area contributed by atoms with Crippen LogP contribution in [0, 0.1) is 0 Å². The average Bonchev–Trinajstić information content (AvgIpc) is 2.67. The number of carbonyl (C=O) groups is 1. The highest BCUT2D eigenvalue weighted by molar-refractivity contribution is 9.10. The van der Waals surface area contributed by atoms with Crippen molar-refractivity contribution in [1.29, 1.82) is 0 Å². The SMILES string of the molecule is O=C(COc1ccc(C=Nc2ccc(Cl)cc2O)cc1Br)N1CCOCC1. The Morgan fingerprint density at radius 3 is 2.78 bits per heavy atom. The van der Waals surface area contributed by atoms with E-state index in [1.54, 1.807) is 29.3 Å². The molecule has 8 heteroatoms. The maximum atomic E-state index is 12.1. The van der Waals surface area contributed by atoms with Crippen molar-refractivity contribution < 1.29 is 19.4 Å².